The summed E-state index contributed by atoms with van der Waals surface area (Å²) in [5.74, 6) is 0.0335. The molecule has 0 aromatic heterocycles. The highest BCUT2D eigenvalue weighted by atomic mass is 35.5. The molecule has 2 aromatic carbocycles. The molecular weight excluding hydrogens is 414 g/mol. The van der Waals surface area contributed by atoms with Gasteiger partial charge in [-0.2, -0.15) is 0 Å². The Morgan fingerprint density at radius 3 is 2.16 bits per heavy atom. The van der Waals surface area contributed by atoms with Crippen LogP contribution in [0.2, 0.25) is 5.02 Å². The molecule has 2 aromatic rings. The van der Waals surface area contributed by atoms with E-state index in [-0.39, 0.29) is 17.9 Å². The van der Waals surface area contributed by atoms with Gasteiger partial charge in [-0.1, -0.05) is 23.7 Å². The Hall–Kier alpha value is -2.83. The van der Waals surface area contributed by atoms with Crippen LogP contribution in [0.5, 0.6) is 5.75 Å². The van der Waals surface area contributed by atoms with Gasteiger partial charge in [-0.15, -0.1) is 0 Å². The first kappa shape index (κ1) is 21.4. The molecular formula is C24H26ClN3O3. The zero-order chi connectivity index (χ0) is 22.1. The van der Waals surface area contributed by atoms with E-state index in [9.17, 15) is 9.59 Å². The number of amides is 2. The number of hydrogen-bond donors (Lipinski definition) is 0. The third-order valence-corrected chi connectivity index (χ3v) is 6.36. The van der Waals surface area contributed by atoms with Gasteiger partial charge < -0.3 is 14.5 Å². The van der Waals surface area contributed by atoms with Gasteiger partial charge in [-0.25, -0.2) is 4.90 Å². The van der Waals surface area contributed by atoms with E-state index in [1.807, 2.05) is 11.9 Å². The number of hydrogen-bond acceptors (Lipinski definition) is 5. The summed E-state index contributed by atoms with van der Waals surface area (Å²) in [7, 11) is 5.60. The lowest BCUT2D eigenvalue weighted by molar-refractivity contribution is -0.120. The maximum atomic E-state index is 13.6. The molecule has 0 aliphatic carbocycles. The van der Waals surface area contributed by atoms with Crippen molar-refractivity contribution in [3.8, 4) is 5.75 Å². The first-order chi connectivity index (χ1) is 14.9. The highest BCUT2D eigenvalue weighted by Gasteiger charge is 2.43. The second-order valence-electron chi connectivity index (χ2n) is 8.02. The monoisotopic (exact) mass is 439 g/mol. The predicted octanol–water partition coefficient (Wildman–Crippen LogP) is 3.66. The summed E-state index contributed by atoms with van der Waals surface area (Å²) < 4.78 is 5.21. The topological polar surface area (TPSA) is 53.1 Å². The van der Waals surface area contributed by atoms with Gasteiger partial charge in [0.1, 0.15) is 11.4 Å². The molecule has 2 amide bonds. The number of likely N-dealkylation sites (N-methyl/N-ethyl adjacent to an activating group) is 1. The SMILES string of the molecule is COc1ccc(N2C(=O)C(c3ccc(Cl)cc3)=C(N(C)C3CCN(C)CC3)C2=O)cc1. The molecule has 2 aliphatic heterocycles. The summed E-state index contributed by atoms with van der Waals surface area (Å²) in [5.41, 5.74) is 2.07. The molecule has 1 fully saturated rings. The number of ether oxygens (including phenoxy) is 1. The van der Waals surface area contributed by atoms with E-state index >= 15 is 0 Å². The number of anilines is 1. The third-order valence-electron chi connectivity index (χ3n) is 6.11. The highest BCUT2D eigenvalue weighted by Crippen LogP contribution is 2.36. The van der Waals surface area contributed by atoms with E-state index in [0.717, 1.165) is 25.9 Å². The Kier molecular flexibility index (Phi) is 6.03. The number of carbonyl (C=O) groups excluding carboxylic acids is 2. The van der Waals surface area contributed by atoms with Crippen LogP contribution in [0.15, 0.2) is 54.2 Å². The molecule has 0 N–H and O–H groups in total. The largest absolute Gasteiger partial charge is 0.497 e. The molecule has 0 bridgehead atoms. The molecule has 0 radical (unpaired) electrons. The number of carbonyl (C=O) groups is 2. The molecule has 4 rings (SSSR count). The van der Waals surface area contributed by atoms with Gasteiger partial charge in [-0.05, 0) is 74.9 Å². The van der Waals surface area contributed by atoms with E-state index in [1.54, 1.807) is 55.6 Å². The number of halogens is 1. The lowest BCUT2D eigenvalue weighted by Gasteiger charge is -2.36. The van der Waals surface area contributed by atoms with E-state index in [0.29, 0.717) is 33.3 Å². The van der Waals surface area contributed by atoms with Crippen LogP contribution in [0.25, 0.3) is 5.57 Å². The van der Waals surface area contributed by atoms with Crippen LogP contribution < -0.4 is 9.64 Å². The van der Waals surface area contributed by atoms with Crippen LogP contribution in [0.3, 0.4) is 0 Å². The minimum atomic E-state index is -0.327. The number of benzene rings is 2. The normalized spacial score (nSPS) is 18.1. The number of likely N-dealkylation sites (tertiary alicyclic amines) is 1. The predicted molar refractivity (Wildman–Crippen MR) is 122 cm³/mol. The van der Waals surface area contributed by atoms with Crippen LogP contribution in [-0.4, -0.2) is 62.0 Å². The van der Waals surface area contributed by atoms with Crippen LogP contribution in [0.1, 0.15) is 18.4 Å². The average Bonchev–Trinajstić information content (AvgIpc) is 3.04. The van der Waals surface area contributed by atoms with Crippen molar-refractivity contribution in [3.05, 3.63) is 64.8 Å². The van der Waals surface area contributed by atoms with Crippen LogP contribution in [-0.2, 0) is 9.59 Å². The molecule has 0 atom stereocenters. The van der Waals surface area contributed by atoms with E-state index < -0.39 is 0 Å². The zero-order valence-electron chi connectivity index (χ0n) is 18.0. The minimum Gasteiger partial charge on any atom is -0.497 e. The van der Waals surface area contributed by atoms with Gasteiger partial charge in [0, 0.05) is 18.1 Å². The van der Waals surface area contributed by atoms with Gasteiger partial charge in [0.15, 0.2) is 0 Å². The molecule has 162 valence electrons. The Balaban J connectivity index is 1.76. The van der Waals surface area contributed by atoms with Crippen LogP contribution >= 0.6 is 11.6 Å². The summed E-state index contributed by atoms with van der Waals surface area (Å²) in [5, 5.41) is 0.582. The number of rotatable bonds is 5. The Bertz CT molecular complexity index is 1010. The first-order valence-corrected chi connectivity index (χ1v) is 10.7. The lowest BCUT2D eigenvalue weighted by Crippen LogP contribution is -2.43. The smallest absolute Gasteiger partial charge is 0.282 e. The molecule has 0 unspecified atom stereocenters. The van der Waals surface area contributed by atoms with Gasteiger partial charge in [0.2, 0.25) is 0 Å². The molecule has 7 heteroatoms. The van der Waals surface area contributed by atoms with Crippen molar-refractivity contribution >= 4 is 34.7 Å². The number of imide groups is 1. The van der Waals surface area contributed by atoms with Gasteiger partial charge in [0.25, 0.3) is 11.8 Å². The summed E-state index contributed by atoms with van der Waals surface area (Å²) in [6.07, 6.45) is 1.88. The lowest BCUT2D eigenvalue weighted by atomic mass is 10.0. The maximum Gasteiger partial charge on any atom is 0.282 e. The summed E-state index contributed by atoms with van der Waals surface area (Å²) in [4.78, 5) is 32.7. The second kappa shape index (κ2) is 8.73. The maximum absolute atomic E-state index is 13.6. The minimum absolute atomic E-state index is 0.195. The number of nitrogens with zero attached hydrogens (tertiary/aromatic N) is 3. The van der Waals surface area contributed by atoms with Crippen molar-refractivity contribution < 1.29 is 14.3 Å². The first-order valence-electron chi connectivity index (χ1n) is 10.3. The molecule has 2 heterocycles. The molecule has 0 spiro atoms. The highest BCUT2D eigenvalue weighted by molar-refractivity contribution is 6.45. The van der Waals surface area contributed by atoms with Crippen LogP contribution in [0, 0.1) is 0 Å². The molecule has 1 saturated heterocycles. The Morgan fingerprint density at radius 1 is 0.968 bits per heavy atom. The van der Waals surface area contributed by atoms with Crippen molar-refractivity contribution in [1.82, 2.24) is 9.80 Å². The van der Waals surface area contributed by atoms with E-state index in [2.05, 4.69) is 11.9 Å². The molecule has 31 heavy (non-hydrogen) atoms. The number of piperidine rings is 1. The van der Waals surface area contributed by atoms with Gasteiger partial charge >= 0.3 is 0 Å². The summed E-state index contributed by atoms with van der Waals surface area (Å²) in [6, 6.07) is 14.2. The molecule has 6 nitrogen and oxygen atoms in total. The average molecular weight is 440 g/mol. The third kappa shape index (κ3) is 4.05. The standard InChI is InChI=1S/C24H26ClN3O3/c1-26-14-12-18(13-15-26)27(2)22-21(16-4-6-17(25)7-5-16)23(29)28(24(22)30)19-8-10-20(31-3)11-9-19/h4-11,18H,12-15H2,1-3H3. The fraction of sp³-hybridized carbons (Fsp3) is 0.333. The zero-order valence-corrected chi connectivity index (χ0v) is 18.7. The van der Waals surface area contributed by atoms with E-state index in [4.69, 9.17) is 16.3 Å². The fourth-order valence-corrected chi connectivity index (χ4v) is 4.38. The van der Waals surface area contributed by atoms with Gasteiger partial charge in [-0.3, -0.25) is 9.59 Å². The quantitative estimate of drug-likeness (QED) is 0.665. The second-order valence-corrected chi connectivity index (χ2v) is 8.46. The van der Waals surface area contributed by atoms with Crippen molar-refractivity contribution in [2.24, 2.45) is 0 Å². The molecule has 0 saturated carbocycles. The summed E-state index contributed by atoms with van der Waals surface area (Å²) >= 11 is 6.07. The van der Waals surface area contributed by atoms with Gasteiger partial charge in [0.05, 0.1) is 18.4 Å². The Morgan fingerprint density at radius 2 is 1.58 bits per heavy atom. The van der Waals surface area contributed by atoms with Crippen molar-refractivity contribution in [2.45, 2.75) is 18.9 Å². The van der Waals surface area contributed by atoms with Crippen LogP contribution in [0.4, 0.5) is 5.69 Å². The van der Waals surface area contributed by atoms with Crippen molar-refractivity contribution in [2.75, 3.05) is 39.2 Å². The molecule has 2 aliphatic rings. The number of methoxy groups -OCH3 is 1. The Labute approximate surface area is 187 Å². The summed E-state index contributed by atoms with van der Waals surface area (Å²) in [6.45, 7) is 1.92. The van der Waals surface area contributed by atoms with Crippen molar-refractivity contribution in [3.63, 3.8) is 0 Å². The fourth-order valence-electron chi connectivity index (χ4n) is 4.25. The van der Waals surface area contributed by atoms with E-state index in [1.165, 1.54) is 4.90 Å². The van der Waals surface area contributed by atoms with Crippen molar-refractivity contribution in [1.29, 1.82) is 0 Å².